The van der Waals surface area contributed by atoms with Gasteiger partial charge in [0.2, 0.25) is 0 Å². The van der Waals surface area contributed by atoms with E-state index in [2.05, 4.69) is 14.6 Å². The van der Waals surface area contributed by atoms with E-state index in [0.717, 1.165) is 54.6 Å². The van der Waals surface area contributed by atoms with E-state index in [1.54, 1.807) is 6.08 Å². The SMILES string of the molecule is CCN=C(C)N=C(N)/C=C(/C)C(N)=[N+]1CCC(Oc2ccc3c(c2)OCCO3)CC1. The molecule has 2 aliphatic heterocycles. The van der Waals surface area contributed by atoms with E-state index in [4.69, 9.17) is 25.7 Å². The van der Waals surface area contributed by atoms with Crippen LogP contribution in [0.2, 0.25) is 0 Å². The molecule has 162 valence electrons. The molecule has 8 nitrogen and oxygen atoms in total. The molecule has 30 heavy (non-hydrogen) atoms. The van der Waals surface area contributed by atoms with E-state index in [0.29, 0.717) is 31.4 Å². The van der Waals surface area contributed by atoms with Gasteiger partial charge in [-0.25, -0.2) is 4.99 Å². The summed E-state index contributed by atoms with van der Waals surface area (Å²) >= 11 is 0. The van der Waals surface area contributed by atoms with Crippen LogP contribution in [-0.4, -0.2) is 61.0 Å². The number of hydrogen-bond acceptors (Lipinski definition) is 4. The van der Waals surface area contributed by atoms with Gasteiger partial charge in [-0.15, -0.1) is 0 Å². The molecular formula is C22H32N5O3+. The summed E-state index contributed by atoms with van der Waals surface area (Å²) in [6, 6.07) is 5.73. The second-order valence-electron chi connectivity index (χ2n) is 7.38. The summed E-state index contributed by atoms with van der Waals surface area (Å²) in [5.41, 5.74) is 13.3. The van der Waals surface area contributed by atoms with Gasteiger partial charge in [0.05, 0.1) is 13.1 Å². The molecule has 0 atom stereocenters. The van der Waals surface area contributed by atoms with Crippen LogP contribution in [0.3, 0.4) is 0 Å². The lowest BCUT2D eigenvalue weighted by atomic mass is 10.1. The van der Waals surface area contributed by atoms with Crippen molar-refractivity contribution in [1.82, 2.24) is 0 Å². The van der Waals surface area contributed by atoms with Crippen molar-refractivity contribution in [3.8, 4) is 17.2 Å². The first kappa shape index (κ1) is 21.7. The maximum Gasteiger partial charge on any atom is 0.270 e. The Labute approximate surface area is 177 Å². The first-order chi connectivity index (χ1) is 14.5. The maximum absolute atomic E-state index is 6.37. The molecule has 0 unspecified atom stereocenters. The number of benzene rings is 1. The van der Waals surface area contributed by atoms with Crippen molar-refractivity contribution in [2.45, 2.75) is 39.7 Å². The number of nitrogens with two attached hydrogens (primary N) is 2. The Kier molecular flexibility index (Phi) is 7.32. The van der Waals surface area contributed by atoms with Crippen molar-refractivity contribution in [1.29, 1.82) is 0 Å². The Morgan fingerprint density at radius 2 is 1.87 bits per heavy atom. The van der Waals surface area contributed by atoms with E-state index in [-0.39, 0.29) is 6.10 Å². The van der Waals surface area contributed by atoms with Crippen molar-refractivity contribution in [3.05, 3.63) is 29.8 Å². The first-order valence-corrected chi connectivity index (χ1v) is 10.4. The number of piperidine rings is 1. The van der Waals surface area contributed by atoms with Crippen molar-refractivity contribution < 1.29 is 18.8 Å². The average Bonchev–Trinajstić information content (AvgIpc) is 2.73. The molecule has 0 spiro atoms. The van der Waals surface area contributed by atoms with Crippen molar-refractivity contribution in [2.24, 2.45) is 21.5 Å². The summed E-state index contributed by atoms with van der Waals surface area (Å²) < 4.78 is 19.5. The molecule has 2 aliphatic rings. The molecule has 2 heterocycles. The van der Waals surface area contributed by atoms with Crippen LogP contribution in [0.1, 0.15) is 33.6 Å². The highest BCUT2D eigenvalue weighted by molar-refractivity contribution is 6.06. The number of rotatable bonds is 5. The Bertz CT molecular complexity index is 879. The van der Waals surface area contributed by atoms with Gasteiger partial charge in [0.15, 0.2) is 11.5 Å². The fourth-order valence-corrected chi connectivity index (χ4v) is 3.53. The van der Waals surface area contributed by atoms with E-state index >= 15 is 0 Å². The normalized spacial score (nSPS) is 20.2. The third-order valence-corrected chi connectivity index (χ3v) is 5.05. The molecule has 0 bridgehead atoms. The molecule has 3 rings (SSSR count). The van der Waals surface area contributed by atoms with Crippen LogP contribution in [0.5, 0.6) is 17.2 Å². The number of aliphatic imine (C=N–C) groups is 2. The van der Waals surface area contributed by atoms with Gasteiger partial charge in [-0.1, -0.05) is 0 Å². The quantitative estimate of drug-likeness (QED) is 0.436. The van der Waals surface area contributed by atoms with Crippen LogP contribution in [0, 0.1) is 0 Å². The van der Waals surface area contributed by atoms with E-state index in [9.17, 15) is 0 Å². The van der Waals surface area contributed by atoms with Gasteiger partial charge in [0, 0.05) is 31.0 Å². The van der Waals surface area contributed by atoms with Crippen LogP contribution in [0.25, 0.3) is 0 Å². The Morgan fingerprint density at radius 3 is 2.57 bits per heavy atom. The van der Waals surface area contributed by atoms with Gasteiger partial charge in [0.25, 0.3) is 5.84 Å². The highest BCUT2D eigenvalue weighted by Crippen LogP contribution is 2.34. The molecule has 0 radical (unpaired) electrons. The topological polar surface area (TPSA) is 107 Å². The lowest BCUT2D eigenvalue weighted by Gasteiger charge is -2.26. The Balaban J connectivity index is 1.59. The van der Waals surface area contributed by atoms with Gasteiger partial charge >= 0.3 is 0 Å². The second kappa shape index (κ2) is 10.1. The summed E-state index contributed by atoms with van der Waals surface area (Å²) in [5.74, 6) is 4.10. The highest BCUT2D eigenvalue weighted by Gasteiger charge is 2.24. The van der Waals surface area contributed by atoms with Gasteiger partial charge in [-0.2, -0.15) is 0 Å². The predicted molar refractivity (Wildman–Crippen MR) is 119 cm³/mol. The third-order valence-electron chi connectivity index (χ3n) is 5.05. The van der Waals surface area contributed by atoms with E-state index in [1.807, 2.05) is 39.0 Å². The van der Waals surface area contributed by atoms with Crippen molar-refractivity contribution in [3.63, 3.8) is 0 Å². The average molecular weight is 415 g/mol. The van der Waals surface area contributed by atoms with Gasteiger partial charge in [0.1, 0.15) is 36.7 Å². The van der Waals surface area contributed by atoms with Crippen LogP contribution >= 0.6 is 0 Å². The highest BCUT2D eigenvalue weighted by atomic mass is 16.6. The Morgan fingerprint density at radius 1 is 1.17 bits per heavy atom. The minimum atomic E-state index is 0.139. The summed E-state index contributed by atoms with van der Waals surface area (Å²) in [5, 5.41) is 0. The fraction of sp³-hybridized carbons (Fsp3) is 0.500. The minimum absolute atomic E-state index is 0.139. The number of amidine groups is 3. The van der Waals surface area contributed by atoms with E-state index < -0.39 is 0 Å². The molecule has 1 aromatic carbocycles. The summed E-state index contributed by atoms with van der Waals surface area (Å²) in [6.07, 6.45) is 3.70. The molecule has 1 aromatic rings. The number of nitrogens with zero attached hydrogens (tertiary/aromatic N) is 3. The van der Waals surface area contributed by atoms with Crippen LogP contribution in [0.4, 0.5) is 0 Å². The van der Waals surface area contributed by atoms with Gasteiger partial charge < -0.3 is 19.9 Å². The zero-order valence-electron chi connectivity index (χ0n) is 18.1. The lowest BCUT2D eigenvalue weighted by molar-refractivity contribution is -0.541. The van der Waals surface area contributed by atoms with Crippen LogP contribution in [-0.2, 0) is 0 Å². The number of ether oxygens (including phenoxy) is 3. The standard InChI is InChI=1S/C22H31N5O3/c1-4-25-16(3)26-21(23)13-15(2)22(24)27-9-7-17(8-10-27)30-18-5-6-19-20(14-18)29-12-11-28-19/h5-6,13-14,17,24H,4,7-12H2,1-3H3,(H2,23,25,26)/p+1/b15-13-. The molecule has 8 heteroatoms. The number of hydrogen-bond donors (Lipinski definition) is 2. The zero-order valence-corrected chi connectivity index (χ0v) is 18.1. The first-order valence-electron chi connectivity index (χ1n) is 10.4. The smallest absolute Gasteiger partial charge is 0.270 e. The molecular weight excluding hydrogens is 382 g/mol. The maximum atomic E-state index is 6.37. The molecule has 1 saturated heterocycles. The summed E-state index contributed by atoms with van der Waals surface area (Å²) in [7, 11) is 0. The Hall–Kier alpha value is -3.03. The summed E-state index contributed by atoms with van der Waals surface area (Å²) in [6.45, 7) is 9.21. The van der Waals surface area contributed by atoms with Crippen LogP contribution < -0.4 is 25.7 Å². The molecule has 0 amide bonds. The molecule has 0 aliphatic carbocycles. The van der Waals surface area contributed by atoms with Crippen molar-refractivity contribution >= 4 is 17.5 Å². The largest absolute Gasteiger partial charge is 0.490 e. The second-order valence-corrected chi connectivity index (χ2v) is 7.38. The fourth-order valence-electron chi connectivity index (χ4n) is 3.53. The predicted octanol–water partition coefficient (Wildman–Crippen LogP) is 2.11. The monoisotopic (exact) mass is 414 g/mol. The van der Waals surface area contributed by atoms with Crippen LogP contribution in [0.15, 0.2) is 39.8 Å². The van der Waals surface area contributed by atoms with E-state index in [1.165, 1.54) is 0 Å². The van der Waals surface area contributed by atoms with Gasteiger partial charge in [-0.3, -0.25) is 15.3 Å². The molecule has 0 aromatic heterocycles. The lowest BCUT2D eigenvalue weighted by Crippen LogP contribution is -2.39. The number of fused-ring (bicyclic) bond motifs is 1. The van der Waals surface area contributed by atoms with Crippen molar-refractivity contribution in [2.75, 3.05) is 32.8 Å². The zero-order chi connectivity index (χ0) is 21.5. The molecule has 1 fully saturated rings. The van der Waals surface area contributed by atoms with Gasteiger partial charge in [-0.05, 0) is 39.0 Å². The summed E-state index contributed by atoms with van der Waals surface area (Å²) in [4.78, 5) is 8.48. The minimum Gasteiger partial charge on any atom is -0.490 e. The molecule has 4 N–H and O–H groups in total. The molecule has 0 saturated carbocycles. The third kappa shape index (κ3) is 5.75.